The van der Waals surface area contributed by atoms with Gasteiger partial charge in [-0.05, 0) is 105 Å². The highest BCUT2D eigenvalue weighted by molar-refractivity contribution is 5.85. The number of aliphatic carboxylic acids is 2. The molecule has 4 saturated carbocycles. The van der Waals surface area contributed by atoms with Crippen molar-refractivity contribution in [2.24, 2.45) is 45.3 Å². The third-order valence-corrected chi connectivity index (χ3v) is 12.2. The first-order valence-corrected chi connectivity index (χ1v) is 13.8. The number of allylic oxidation sites excluding steroid dienone is 1. The molecule has 0 bridgehead atoms. The molecule has 5 nitrogen and oxygen atoms in total. The van der Waals surface area contributed by atoms with Gasteiger partial charge in [0.2, 0.25) is 0 Å². The van der Waals surface area contributed by atoms with E-state index in [0.717, 1.165) is 25.7 Å². The number of epoxide rings is 1. The van der Waals surface area contributed by atoms with Crippen molar-refractivity contribution in [3.05, 3.63) is 23.8 Å². The molecule has 0 radical (unpaired) electrons. The van der Waals surface area contributed by atoms with Crippen LogP contribution in [0.25, 0.3) is 0 Å². The molecule has 0 amide bonds. The zero-order valence-electron chi connectivity index (χ0n) is 22.2. The third-order valence-electron chi connectivity index (χ3n) is 12.2. The van der Waals surface area contributed by atoms with Gasteiger partial charge in [-0.1, -0.05) is 39.0 Å². The quantitative estimate of drug-likeness (QED) is 0.222. The summed E-state index contributed by atoms with van der Waals surface area (Å²) in [5.41, 5.74) is 2.31. The van der Waals surface area contributed by atoms with E-state index in [4.69, 9.17) is 4.74 Å². The number of fused-ring (bicyclic) bond motifs is 4. The fourth-order valence-electron chi connectivity index (χ4n) is 10.4. The lowest BCUT2D eigenvalue weighted by atomic mass is 9.43. The Balaban J connectivity index is 1.41. The van der Waals surface area contributed by atoms with Gasteiger partial charge < -0.3 is 14.9 Å². The second kappa shape index (κ2) is 7.94. The van der Waals surface area contributed by atoms with Gasteiger partial charge in [-0.15, -0.1) is 0 Å². The second-order valence-electron chi connectivity index (χ2n) is 13.5. The molecule has 0 aromatic carbocycles. The van der Waals surface area contributed by atoms with Crippen LogP contribution in [0.2, 0.25) is 0 Å². The molecule has 35 heavy (non-hydrogen) atoms. The van der Waals surface area contributed by atoms with Crippen LogP contribution >= 0.6 is 0 Å². The van der Waals surface area contributed by atoms with Crippen LogP contribution in [0.3, 0.4) is 0 Å². The van der Waals surface area contributed by atoms with Crippen LogP contribution < -0.4 is 0 Å². The molecule has 1 heterocycles. The Morgan fingerprint density at radius 3 is 2.46 bits per heavy atom. The maximum atomic E-state index is 11.6. The van der Waals surface area contributed by atoms with Gasteiger partial charge in [0.15, 0.2) is 0 Å². The van der Waals surface area contributed by atoms with Crippen molar-refractivity contribution in [3.63, 3.8) is 0 Å². The first kappa shape index (κ1) is 25.0. The van der Waals surface area contributed by atoms with Gasteiger partial charge in [0.25, 0.3) is 0 Å². The van der Waals surface area contributed by atoms with Crippen molar-refractivity contribution in [1.29, 1.82) is 0 Å². The maximum Gasteiger partial charge on any atom is 0.330 e. The van der Waals surface area contributed by atoms with Crippen LogP contribution in [-0.2, 0) is 14.3 Å². The normalized spacial score (nSPS) is 48.1. The molecule has 4 aliphatic carbocycles. The maximum absolute atomic E-state index is 11.6. The summed E-state index contributed by atoms with van der Waals surface area (Å²) in [5, 5.41) is 18.7. The zero-order chi connectivity index (χ0) is 25.6. The summed E-state index contributed by atoms with van der Waals surface area (Å²) in [6, 6.07) is 0. The number of hydrogen-bond acceptors (Lipinski definition) is 3. The minimum atomic E-state index is -0.823. The summed E-state index contributed by atoms with van der Waals surface area (Å²) in [7, 11) is 0. The van der Waals surface area contributed by atoms with E-state index in [0.29, 0.717) is 35.3 Å². The van der Waals surface area contributed by atoms with Gasteiger partial charge >= 0.3 is 11.9 Å². The third kappa shape index (κ3) is 3.29. The molecule has 0 unspecified atom stereocenters. The standard InChI is InChI=1S/C30H44O5/c1-17(2)22-23-24(35-23)25-28(6)12-10-20(18(3)8-7-9-19(4)26(33)34)27(28,5)14-15-30(25)16-29(22,30)13-11-21(31)32/h9,18,20,22-25H,1,7-8,10-16H2,2-6H3,(H,31,32)(H,33,34)/t18-,20-,22-,23+,24+,25+,27-,28+,29-,30+/m1/s1. The van der Waals surface area contributed by atoms with Crippen LogP contribution in [0.1, 0.15) is 92.4 Å². The predicted molar refractivity (Wildman–Crippen MR) is 135 cm³/mol. The molecule has 1 aliphatic heterocycles. The molecule has 1 saturated heterocycles. The Morgan fingerprint density at radius 2 is 1.83 bits per heavy atom. The molecule has 0 aromatic heterocycles. The molecular weight excluding hydrogens is 440 g/mol. The van der Waals surface area contributed by atoms with Gasteiger partial charge in [-0.25, -0.2) is 4.79 Å². The van der Waals surface area contributed by atoms with Gasteiger partial charge in [-0.2, -0.15) is 0 Å². The minimum absolute atomic E-state index is 0.0484. The molecular formula is C30H44O5. The van der Waals surface area contributed by atoms with E-state index in [-0.39, 0.29) is 34.2 Å². The molecule has 1 spiro atoms. The summed E-state index contributed by atoms with van der Waals surface area (Å²) < 4.78 is 6.50. The molecule has 5 aliphatic rings. The first-order chi connectivity index (χ1) is 16.3. The number of hydrogen-bond donors (Lipinski definition) is 2. The van der Waals surface area contributed by atoms with Gasteiger partial charge in [0.05, 0.1) is 12.2 Å². The zero-order valence-corrected chi connectivity index (χ0v) is 22.2. The predicted octanol–water partition coefficient (Wildman–Crippen LogP) is 6.48. The van der Waals surface area contributed by atoms with Crippen LogP contribution in [0.15, 0.2) is 23.8 Å². The average molecular weight is 485 g/mol. The highest BCUT2D eigenvalue weighted by atomic mass is 16.6. The van der Waals surface area contributed by atoms with Crippen molar-refractivity contribution in [3.8, 4) is 0 Å². The Hall–Kier alpha value is -1.62. The van der Waals surface area contributed by atoms with E-state index in [1.54, 1.807) is 6.92 Å². The monoisotopic (exact) mass is 484 g/mol. The fraction of sp³-hybridized carbons (Fsp3) is 0.800. The lowest BCUT2D eigenvalue weighted by Gasteiger charge is -2.60. The van der Waals surface area contributed by atoms with E-state index in [2.05, 4.69) is 34.3 Å². The molecule has 5 fully saturated rings. The lowest BCUT2D eigenvalue weighted by molar-refractivity contribution is -0.139. The van der Waals surface area contributed by atoms with E-state index in [1.807, 2.05) is 6.08 Å². The minimum Gasteiger partial charge on any atom is -0.481 e. The van der Waals surface area contributed by atoms with Crippen LogP contribution in [0.5, 0.6) is 0 Å². The smallest absolute Gasteiger partial charge is 0.330 e. The molecule has 5 rings (SSSR count). The summed E-state index contributed by atoms with van der Waals surface area (Å²) in [6.45, 7) is 15.6. The number of carboxylic acids is 2. The van der Waals surface area contributed by atoms with E-state index >= 15 is 0 Å². The largest absolute Gasteiger partial charge is 0.481 e. The molecule has 0 aromatic rings. The topological polar surface area (TPSA) is 87.1 Å². The summed E-state index contributed by atoms with van der Waals surface area (Å²) in [4.78, 5) is 22.8. The number of rotatable bonds is 9. The SMILES string of the molecule is C=C(C)[C@@H]1[C@@H]2O[C@@H]2[C@@H]2[C@]3(CC[C@]4(C)[C@@H]([C@H](C)CCC=C(C)C(=O)O)CC[C@@]24C)C[C@]13CCC(=O)O. The van der Waals surface area contributed by atoms with Crippen LogP contribution in [0, 0.1) is 45.3 Å². The Labute approximate surface area is 210 Å². The molecule has 2 N–H and O–H groups in total. The van der Waals surface area contributed by atoms with Crippen molar-refractivity contribution in [1.82, 2.24) is 0 Å². The molecule has 194 valence electrons. The fourth-order valence-corrected chi connectivity index (χ4v) is 10.4. The summed E-state index contributed by atoms with van der Waals surface area (Å²) in [5.74, 6) is 0.479. The van der Waals surface area contributed by atoms with Crippen molar-refractivity contribution >= 4 is 11.9 Å². The highest BCUT2D eigenvalue weighted by Crippen LogP contribution is 2.89. The number of ether oxygens (including phenoxy) is 1. The van der Waals surface area contributed by atoms with E-state index in [1.165, 1.54) is 31.3 Å². The Bertz CT molecular complexity index is 983. The Morgan fingerprint density at radius 1 is 1.11 bits per heavy atom. The van der Waals surface area contributed by atoms with Crippen molar-refractivity contribution in [2.45, 2.75) is 105 Å². The van der Waals surface area contributed by atoms with Crippen LogP contribution in [0.4, 0.5) is 0 Å². The first-order valence-electron chi connectivity index (χ1n) is 13.8. The second-order valence-corrected chi connectivity index (χ2v) is 13.5. The highest BCUT2D eigenvalue weighted by Gasteiger charge is 2.86. The summed E-state index contributed by atoms with van der Waals surface area (Å²) in [6.07, 6.45) is 11.2. The van der Waals surface area contributed by atoms with Gasteiger partial charge in [0.1, 0.15) is 0 Å². The molecule has 5 heteroatoms. The average Bonchev–Trinajstić information content (AvgIpc) is 3.64. The number of carbonyl (C=O) groups is 2. The molecule has 10 atom stereocenters. The van der Waals surface area contributed by atoms with Crippen molar-refractivity contribution in [2.75, 3.05) is 0 Å². The lowest BCUT2D eigenvalue weighted by Crippen LogP contribution is -2.57. The van der Waals surface area contributed by atoms with E-state index < -0.39 is 11.9 Å². The van der Waals surface area contributed by atoms with Gasteiger partial charge in [-0.3, -0.25) is 4.79 Å². The van der Waals surface area contributed by atoms with Crippen LogP contribution in [-0.4, -0.2) is 34.4 Å². The summed E-state index contributed by atoms with van der Waals surface area (Å²) >= 11 is 0. The Kier molecular flexibility index (Phi) is 5.68. The number of carboxylic acid groups (broad SMARTS) is 2. The van der Waals surface area contributed by atoms with E-state index in [9.17, 15) is 19.8 Å². The van der Waals surface area contributed by atoms with Crippen molar-refractivity contribution < 1.29 is 24.5 Å². The van der Waals surface area contributed by atoms with Gasteiger partial charge in [0, 0.05) is 17.9 Å².